The van der Waals surface area contributed by atoms with E-state index < -0.39 is 21.5 Å². The highest BCUT2D eigenvalue weighted by atomic mass is 32.2. The maximum atomic E-state index is 12.6. The van der Waals surface area contributed by atoms with Gasteiger partial charge in [0.2, 0.25) is 16.9 Å². The molecule has 0 aliphatic carbocycles. The van der Waals surface area contributed by atoms with Crippen molar-refractivity contribution in [3.05, 3.63) is 64.2 Å². The molecule has 1 saturated heterocycles. The number of hydrogen-bond acceptors (Lipinski definition) is 7. The van der Waals surface area contributed by atoms with Gasteiger partial charge < -0.3 is 4.90 Å². The number of benzene rings is 2. The zero-order chi connectivity index (χ0) is 23.8. The highest BCUT2D eigenvalue weighted by molar-refractivity contribution is 7.92. The number of aryl methyl sites for hydroxylation is 3. The maximum absolute atomic E-state index is 12.6. The van der Waals surface area contributed by atoms with Crippen LogP contribution in [-0.4, -0.2) is 42.7 Å². The Morgan fingerprint density at radius 1 is 1.06 bits per heavy atom. The molecule has 1 aliphatic heterocycles. The summed E-state index contributed by atoms with van der Waals surface area (Å²) in [6, 6.07) is 12.4. The van der Waals surface area contributed by atoms with Crippen LogP contribution in [-0.2, 0) is 19.4 Å². The SMILES string of the molecule is Cc1ccc(S(=O)(=O)CC(=O)Nc2nnc(C3CC(=O)N(c4cc(C)cc(C)c4)C3)s2)cc1. The van der Waals surface area contributed by atoms with Crippen LogP contribution in [0.1, 0.15) is 34.0 Å². The van der Waals surface area contributed by atoms with E-state index in [9.17, 15) is 18.0 Å². The normalized spacial score (nSPS) is 16.3. The van der Waals surface area contributed by atoms with Crippen molar-refractivity contribution < 1.29 is 18.0 Å². The van der Waals surface area contributed by atoms with E-state index in [4.69, 9.17) is 0 Å². The molecule has 8 nitrogen and oxygen atoms in total. The number of nitrogens with one attached hydrogen (secondary N) is 1. The van der Waals surface area contributed by atoms with Crippen LogP contribution in [0.5, 0.6) is 0 Å². The van der Waals surface area contributed by atoms with E-state index in [0.29, 0.717) is 18.0 Å². The lowest BCUT2D eigenvalue weighted by molar-refractivity contribution is -0.117. The topological polar surface area (TPSA) is 109 Å². The first kappa shape index (κ1) is 23.1. The number of amides is 2. The molecule has 2 heterocycles. The van der Waals surface area contributed by atoms with Gasteiger partial charge in [-0.25, -0.2) is 8.42 Å². The van der Waals surface area contributed by atoms with Crippen molar-refractivity contribution in [3.8, 4) is 0 Å². The van der Waals surface area contributed by atoms with Gasteiger partial charge in [0.15, 0.2) is 9.84 Å². The Morgan fingerprint density at radius 2 is 1.73 bits per heavy atom. The molecule has 1 fully saturated rings. The van der Waals surface area contributed by atoms with E-state index in [2.05, 4.69) is 21.6 Å². The average Bonchev–Trinajstić information content (AvgIpc) is 3.33. The number of aromatic nitrogens is 2. The molecule has 2 amide bonds. The summed E-state index contributed by atoms with van der Waals surface area (Å²) in [5, 5.41) is 11.5. The van der Waals surface area contributed by atoms with Crippen LogP contribution in [0.4, 0.5) is 10.8 Å². The molecule has 4 rings (SSSR count). The van der Waals surface area contributed by atoms with Gasteiger partial charge in [0, 0.05) is 24.6 Å². The summed E-state index contributed by atoms with van der Waals surface area (Å²) >= 11 is 1.16. The van der Waals surface area contributed by atoms with Gasteiger partial charge in [0.25, 0.3) is 0 Å². The predicted octanol–water partition coefficient (Wildman–Crippen LogP) is 3.40. The average molecular weight is 485 g/mol. The van der Waals surface area contributed by atoms with Crippen molar-refractivity contribution in [2.24, 2.45) is 0 Å². The summed E-state index contributed by atoms with van der Waals surface area (Å²) in [5.74, 6) is -1.50. The minimum absolute atomic E-state index is 0.00924. The van der Waals surface area contributed by atoms with Gasteiger partial charge in [-0.05, 0) is 56.2 Å². The molecule has 10 heteroatoms. The highest BCUT2D eigenvalue weighted by Gasteiger charge is 2.34. The van der Waals surface area contributed by atoms with Gasteiger partial charge >= 0.3 is 0 Å². The monoisotopic (exact) mass is 484 g/mol. The van der Waals surface area contributed by atoms with Crippen molar-refractivity contribution >= 4 is 43.8 Å². The van der Waals surface area contributed by atoms with Crippen LogP contribution in [0.15, 0.2) is 47.4 Å². The highest BCUT2D eigenvalue weighted by Crippen LogP contribution is 2.34. The third-order valence-corrected chi connectivity index (χ3v) is 8.01. The van der Waals surface area contributed by atoms with Crippen molar-refractivity contribution in [2.45, 2.75) is 38.0 Å². The molecular formula is C23H24N4O4S2. The van der Waals surface area contributed by atoms with Crippen molar-refractivity contribution in [3.63, 3.8) is 0 Å². The molecule has 33 heavy (non-hydrogen) atoms. The number of hydrogen-bond donors (Lipinski definition) is 1. The van der Waals surface area contributed by atoms with E-state index in [1.807, 2.05) is 32.9 Å². The van der Waals surface area contributed by atoms with Crippen LogP contribution in [0.25, 0.3) is 0 Å². The number of sulfone groups is 1. The zero-order valence-corrected chi connectivity index (χ0v) is 20.2. The fraction of sp³-hybridized carbons (Fsp3) is 0.304. The molecule has 1 atom stereocenters. The fourth-order valence-corrected chi connectivity index (χ4v) is 5.82. The van der Waals surface area contributed by atoms with Crippen LogP contribution in [0.3, 0.4) is 0 Å². The van der Waals surface area contributed by atoms with Crippen molar-refractivity contribution in [2.75, 3.05) is 22.5 Å². The molecule has 3 aromatic rings. The Morgan fingerprint density at radius 3 is 2.39 bits per heavy atom. The summed E-state index contributed by atoms with van der Waals surface area (Å²) in [5.41, 5.74) is 3.96. The summed E-state index contributed by atoms with van der Waals surface area (Å²) in [6.07, 6.45) is 0.303. The lowest BCUT2D eigenvalue weighted by atomic mass is 10.1. The first-order valence-electron chi connectivity index (χ1n) is 10.4. The summed E-state index contributed by atoms with van der Waals surface area (Å²) < 4.78 is 25.0. The molecule has 1 aromatic heterocycles. The van der Waals surface area contributed by atoms with E-state index in [1.54, 1.807) is 17.0 Å². The van der Waals surface area contributed by atoms with E-state index in [0.717, 1.165) is 33.7 Å². The smallest absolute Gasteiger partial charge is 0.241 e. The van der Waals surface area contributed by atoms with Gasteiger partial charge in [-0.2, -0.15) is 0 Å². The van der Waals surface area contributed by atoms with Crippen LogP contribution in [0, 0.1) is 20.8 Å². The third kappa shape index (κ3) is 5.28. The van der Waals surface area contributed by atoms with Crippen LogP contribution in [0.2, 0.25) is 0 Å². The second-order valence-electron chi connectivity index (χ2n) is 8.32. The van der Waals surface area contributed by atoms with Crippen LogP contribution < -0.4 is 10.2 Å². The Balaban J connectivity index is 1.41. The molecule has 1 unspecified atom stereocenters. The number of carbonyl (C=O) groups is 2. The minimum Gasteiger partial charge on any atom is -0.312 e. The Bertz CT molecular complexity index is 1300. The fourth-order valence-electron chi connectivity index (χ4n) is 3.84. The van der Waals surface area contributed by atoms with Gasteiger partial charge in [0.05, 0.1) is 4.90 Å². The number of rotatable bonds is 6. The van der Waals surface area contributed by atoms with Gasteiger partial charge in [0.1, 0.15) is 10.8 Å². The van der Waals surface area contributed by atoms with Gasteiger partial charge in [-0.15, -0.1) is 10.2 Å². The third-order valence-electron chi connectivity index (χ3n) is 5.38. The van der Waals surface area contributed by atoms with Crippen molar-refractivity contribution in [1.82, 2.24) is 10.2 Å². The minimum atomic E-state index is -3.76. The molecule has 0 spiro atoms. The molecule has 1 aliphatic rings. The molecule has 0 saturated carbocycles. The first-order valence-corrected chi connectivity index (χ1v) is 12.9. The lowest BCUT2D eigenvalue weighted by Gasteiger charge is -2.17. The largest absolute Gasteiger partial charge is 0.312 e. The number of carbonyl (C=O) groups excluding carboxylic acids is 2. The number of nitrogens with zero attached hydrogens (tertiary/aromatic N) is 3. The number of anilines is 2. The standard InChI is InChI=1S/C23H24N4O4S2/c1-14-4-6-19(7-5-14)33(30,31)13-20(28)24-23-26-25-22(32-23)17-11-21(29)27(12-17)18-9-15(2)8-16(3)10-18/h4-10,17H,11-13H2,1-3H3,(H,24,26,28). The quantitative estimate of drug-likeness (QED) is 0.574. The van der Waals surface area contributed by atoms with E-state index in [-0.39, 0.29) is 21.9 Å². The summed E-state index contributed by atoms with van der Waals surface area (Å²) in [4.78, 5) is 26.8. The Hall–Kier alpha value is -3.11. The molecular weight excluding hydrogens is 460 g/mol. The van der Waals surface area contributed by atoms with Gasteiger partial charge in [-0.3, -0.25) is 14.9 Å². The zero-order valence-electron chi connectivity index (χ0n) is 18.5. The second kappa shape index (κ2) is 9.03. The van der Waals surface area contributed by atoms with E-state index in [1.165, 1.54) is 12.1 Å². The molecule has 1 N–H and O–H groups in total. The summed E-state index contributed by atoms with van der Waals surface area (Å²) in [7, 11) is -3.76. The lowest BCUT2D eigenvalue weighted by Crippen LogP contribution is -2.24. The molecule has 0 bridgehead atoms. The molecule has 0 radical (unpaired) electrons. The molecule has 2 aromatic carbocycles. The summed E-state index contributed by atoms with van der Waals surface area (Å²) in [6.45, 7) is 6.32. The van der Waals surface area contributed by atoms with E-state index >= 15 is 0 Å². The second-order valence-corrected chi connectivity index (χ2v) is 11.3. The molecule has 172 valence electrons. The first-order chi connectivity index (χ1) is 15.6. The van der Waals surface area contributed by atoms with Crippen LogP contribution >= 0.6 is 11.3 Å². The maximum Gasteiger partial charge on any atom is 0.241 e. The Kier molecular flexibility index (Phi) is 6.31. The Labute approximate surface area is 196 Å². The van der Waals surface area contributed by atoms with Crippen molar-refractivity contribution in [1.29, 1.82) is 0 Å². The van der Waals surface area contributed by atoms with Gasteiger partial charge in [-0.1, -0.05) is 35.1 Å². The predicted molar refractivity (Wildman–Crippen MR) is 127 cm³/mol.